The lowest BCUT2D eigenvalue weighted by atomic mass is 10.0. The number of esters is 1. The number of thioether (sulfide) groups is 1. The van der Waals surface area contributed by atoms with Crippen LogP contribution in [0.5, 0.6) is 0 Å². The Kier molecular flexibility index (Phi) is 6.83. The number of β-lactam (4-membered cyclic amide) rings is 1. The van der Waals surface area contributed by atoms with Gasteiger partial charge >= 0.3 is 17.9 Å². The van der Waals surface area contributed by atoms with Gasteiger partial charge in [-0.2, -0.15) is 0 Å². The Bertz CT molecular complexity index is 705. The first-order valence-corrected chi connectivity index (χ1v) is 9.31. The Labute approximate surface area is 158 Å². The molecular formula is C16H20N2O8S. The number of carboxylic acid groups (broad SMARTS) is 2. The SMILES string of the molecule is CC(=O)OCC1=C(C(=O)O)N2C(=O)C(NC(=O)CCCCC(=O)O)C2SC1. The molecule has 2 aliphatic heterocycles. The Morgan fingerprint density at radius 2 is 1.89 bits per heavy atom. The summed E-state index contributed by atoms with van der Waals surface area (Å²) >= 11 is 1.28. The number of carbonyl (C=O) groups excluding carboxylic acids is 3. The van der Waals surface area contributed by atoms with Gasteiger partial charge in [0.25, 0.3) is 5.91 Å². The maximum Gasteiger partial charge on any atom is 0.352 e. The highest BCUT2D eigenvalue weighted by molar-refractivity contribution is 8.00. The molecule has 3 N–H and O–H groups in total. The van der Waals surface area contributed by atoms with E-state index in [1.807, 2.05) is 0 Å². The molecule has 148 valence electrons. The minimum absolute atomic E-state index is 0.0280. The smallest absolute Gasteiger partial charge is 0.352 e. The van der Waals surface area contributed by atoms with E-state index in [1.165, 1.54) is 18.7 Å². The normalized spacial score (nSPS) is 21.2. The Morgan fingerprint density at radius 3 is 2.48 bits per heavy atom. The number of ether oxygens (including phenoxy) is 1. The maximum atomic E-state index is 12.4. The summed E-state index contributed by atoms with van der Waals surface area (Å²) in [5, 5.41) is 20.0. The monoisotopic (exact) mass is 400 g/mol. The average molecular weight is 400 g/mol. The molecule has 2 atom stereocenters. The zero-order valence-electron chi connectivity index (χ0n) is 14.6. The second-order valence-electron chi connectivity index (χ2n) is 6.09. The van der Waals surface area contributed by atoms with Crippen LogP contribution in [0.4, 0.5) is 0 Å². The zero-order chi connectivity index (χ0) is 20.1. The molecule has 2 unspecified atom stereocenters. The number of nitrogens with one attached hydrogen (secondary N) is 1. The van der Waals surface area contributed by atoms with Gasteiger partial charge in [0, 0.05) is 31.1 Å². The fraction of sp³-hybridized carbons (Fsp3) is 0.562. The van der Waals surface area contributed by atoms with Crippen LogP contribution in [0.25, 0.3) is 0 Å². The van der Waals surface area contributed by atoms with E-state index in [9.17, 15) is 29.1 Å². The fourth-order valence-electron chi connectivity index (χ4n) is 2.79. The number of nitrogens with zero attached hydrogens (tertiary/aromatic N) is 1. The maximum absolute atomic E-state index is 12.4. The van der Waals surface area contributed by atoms with Crippen molar-refractivity contribution >= 4 is 41.5 Å². The molecular weight excluding hydrogens is 380 g/mol. The van der Waals surface area contributed by atoms with Gasteiger partial charge in [-0.3, -0.25) is 24.1 Å². The van der Waals surface area contributed by atoms with E-state index in [2.05, 4.69) is 5.32 Å². The molecule has 1 saturated heterocycles. The second kappa shape index (κ2) is 8.89. The summed E-state index contributed by atoms with van der Waals surface area (Å²) in [5.41, 5.74) is 0.114. The summed E-state index contributed by atoms with van der Waals surface area (Å²) in [6.45, 7) is 0.998. The lowest BCUT2D eigenvalue weighted by Gasteiger charge is -2.49. The van der Waals surface area contributed by atoms with Gasteiger partial charge in [0.2, 0.25) is 5.91 Å². The molecule has 11 heteroatoms. The molecule has 2 heterocycles. The van der Waals surface area contributed by atoms with Crippen molar-refractivity contribution in [3.63, 3.8) is 0 Å². The molecule has 0 saturated carbocycles. The molecule has 2 amide bonds. The largest absolute Gasteiger partial charge is 0.481 e. The third kappa shape index (κ3) is 5.00. The second-order valence-corrected chi connectivity index (χ2v) is 7.20. The van der Waals surface area contributed by atoms with Crippen LogP contribution in [0.15, 0.2) is 11.3 Å². The van der Waals surface area contributed by atoms with Crippen LogP contribution in [-0.4, -0.2) is 68.6 Å². The number of hydrogen-bond donors (Lipinski definition) is 3. The van der Waals surface area contributed by atoms with Crippen LogP contribution in [-0.2, 0) is 28.7 Å². The van der Waals surface area contributed by atoms with E-state index < -0.39 is 35.2 Å². The minimum atomic E-state index is -1.30. The van der Waals surface area contributed by atoms with Crippen LogP contribution >= 0.6 is 11.8 Å². The zero-order valence-corrected chi connectivity index (χ0v) is 15.4. The molecule has 0 aliphatic carbocycles. The van der Waals surface area contributed by atoms with Crippen molar-refractivity contribution < 1.29 is 38.9 Å². The number of carbonyl (C=O) groups is 5. The highest BCUT2D eigenvalue weighted by Crippen LogP contribution is 2.40. The van der Waals surface area contributed by atoms with Gasteiger partial charge in [-0.05, 0) is 12.8 Å². The number of carboxylic acids is 2. The number of rotatable bonds is 9. The number of hydrogen-bond acceptors (Lipinski definition) is 7. The number of unbranched alkanes of at least 4 members (excludes halogenated alkanes) is 1. The molecule has 10 nitrogen and oxygen atoms in total. The van der Waals surface area contributed by atoms with Gasteiger partial charge < -0.3 is 20.3 Å². The highest BCUT2D eigenvalue weighted by atomic mass is 32.2. The molecule has 0 aromatic carbocycles. The summed E-state index contributed by atoms with van der Waals surface area (Å²) in [5.74, 6) is -3.45. The van der Waals surface area contributed by atoms with E-state index in [1.54, 1.807) is 0 Å². The van der Waals surface area contributed by atoms with Crippen molar-refractivity contribution in [2.24, 2.45) is 0 Å². The number of aliphatic carboxylic acids is 2. The quantitative estimate of drug-likeness (QED) is 0.274. The van der Waals surface area contributed by atoms with Crippen molar-refractivity contribution in [1.82, 2.24) is 10.2 Å². The molecule has 0 radical (unpaired) electrons. The minimum Gasteiger partial charge on any atom is -0.481 e. The third-order valence-corrected chi connectivity index (χ3v) is 5.40. The Morgan fingerprint density at radius 1 is 1.22 bits per heavy atom. The van der Waals surface area contributed by atoms with Crippen LogP contribution in [0, 0.1) is 0 Å². The first kappa shape index (κ1) is 20.7. The summed E-state index contributed by atoms with van der Waals surface area (Å²) in [6, 6.07) is -0.827. The molecule has 2 aliphatic rings. The van der Waals surface area contributed by atoms with Gasteiger partial charge in [-0.15, -0.1) is 11.8 Å². The molecule has 0 aromatic heterocycles. The van der Waals surface area contributed by atoms with Crippen LogP contribution in [0.3, 0.4) is 0 Å². The number of amides is 2. The van der Waals surface area contributed by atoms with Gasteiger partial charge in [0.1, 0.15) is 23.7 Å². The summed E-state index contributed by atoms with van der Waals surface area (Å²) in [6.07, 6.45) is 0.804. The molecule has 0 spiro atoms. The van der Waals surface area contributed by atoms with Crippen LogP contribution < -0.4 is 5.32 Å². The lowest BCUT2D eigenvalue weighted by Crippen LogP contribution is -2.70. The van der Waals surface area contributed by atoms with E-state index >= 15 is 0 Å². The summed E-state index contributed by atoms with van der Waals surface area (Å²) < 4.78 is 4.84. The Balaban J connectivity index is 1.96. The first-order chi connectivity index (χ1) is 12.7. The van der Waals surface area contributed by atoms with E-state index in [4.69, 9.17) is 9.84 Å². The van der Waals surface area contributed by atoms with Crippen molar-refractivity contribution in [2.45, 2.75) is 44.0 Å². The average Bonchev–Trinajstić information content (AvgIpc) is 2.60. The van der Waals surface area contributed by atoms with Gasteiger partial charge in [0.15, 0.2) is 0 Å². The third-order valence-electron chi connectivity index (χ3n) is 4.06. The summed E-state index contributed by atoms with van der Waals surface area (Å²) in [7, 11) is 0. The number of fused-ring (bicyclic) bond motifs is 1. The predicted octanol–water partition coefficient (Wildman–Crippen LogP) is -0.0669. The molecule has 1 fully saturated rings. The van der Waals surface area contributed by atoms with Crippen molar-refractivity contribution in [3.8, 4) is 0 Å². The fourth-order valence-corrected chi connectivity index (χ4v) is 4.12. The lowest BCUT2D eigenvalue weighted by molar-refractivity contribution is -0.151. The summed E-state index contributed by atoms with van der Waals surface area (Å²) in [4.78, 5) is 58.4. The first-order valence-electron chi connectivity index (χ1n) is 8.27. The van der Waals surface area contributed by atoms with Crippen molar-refractivity contribution in [1.29, 1.82) is 0 Å². The van der Waals surface area contributed by atoms with Crippen LogP contribution in [0.2, 0.25) is 0 Å². The molecule has 0 bridgehead atoms. The Hall–Kier alpha value is -2.56. The molecule has 27 heavy (non-hydrogen) atoms. The topological polar surface area (TPSA) is 150 Å². The predicted molar refractivity (Wildman–Crippen MR) is 92.4 cm³/mol. The van der Waals surface area contributed by atoms with Crippen LogP contribution in [0.1, 0.15) is 32.6 Å². The molecule has 2 rings (SSSR count). The van der Waals surface area contributed by atoms with Gasteiger partial charge in [-0.25, -0.2) is 4.79 Å². The van der Waals surface area contributed by atoms with Crippen molar-refractivity contribution in [2.75, 3.05) is 12.4 Å². The van der Waals surface area contributed by atoms with E-state index in [0.717, 1.165) is 4.90 Å². The molecule has 0 aromatic rings. The van der Waals surface area contributed by atoms with Crippen molar-refractivity contribution in [3.05, 3.63) is 11.3 Å². The highest BCUT2D eigenvalue weighted by Gasteiger charge is 2.54. The standard InChI is InChI=1S/C16H20N2O8S/c1-8(19)26-6-9-7-27-15-12(14(23)18(15)13(9)16(24)25)17-10(20)4-2-3-5-11(21)22/h12,15H,2-7H2,1H3,(H,17,20)(H,21,22)(H,24,25). The van der Waals surface area contributed by atoms with E-state index in [0.29, 0.717) is 18.4 Å². The van der Waals surface area contributed by atoms with Gasteiger partial charge in [0.05, 0.1) is 0 Å². The van der Waals surface area contributed by atoms with E-state index in [-0.39, 0.29) is 36.8 Å². The van der Waals surface area contributed by atoms with Gasteiger partial charge in [-0.1, -0.05) is 0 Å².